The van der Waals surface area contributed by atoms with Crippen molar-refractivity contribution in [1.29, 1.82) is 0 Å². The van der Waals surface area contributed by atoms with Gasteiger partial charge in [-0.3, -0.25) is 9.78 Å². The lowest BCUT2D eigenvalue weighted by Crippen LogP contribution is -2.35. The van der Waals surface area contributed by atoms with E-state index in [1.165, 1.54) is 6.07 Å². The average Bonchev–Trinajstić information content (AvgIpc) is 3.14. The monoisotopic (exact) mass is 360 g/mol. The third kappa shape index (κ3) is 3.90. The van der Waals surface area contributed by atoms with Crippen LogP contribution >= 0.6 is 0 Å². The van der Waals surface area contributed by atoms with Crippen LogP contribution in [0.5, 0.6) is 0 Å². The van der Waals surface area contributed by atoms with Gasteiger partial charge in [-0.25, -0.2) is 4.39 Å². The summed E-state index contributed by atoms with van der Waals surface area (Å²) in [5.41, 5.74) is 2.76. The predicted molar refractivity (Wildman–Crippen MR) is 106 cm³/mol. The van der Waals surface area contributed by atoms with Gasteiger partial charge in [0.2, 0.25) is 5.91 Å². The summed E-state index contributed by atoms with van der Waals surface area (Å²) < 4.78 is 13.4. The number of amides is 1. The molecule has 0 unspecified atom stereocenters. The number of rotatable bonds is 4. The Morgan fingerprint density at radius 2 is 2.04 bits per heavy atom. The maximum absolute atomic E-state index is 13.4. The van der Waals surface area contributed by atoms with Gasteiger partial charge in [0.05, 0.1) is 5.52 Å². The van der Waals surface area contributed by atoms with Crippen molar-refractivity contribution in [2.75, 3.05) is 6.54 Å². The molecular weight excluding hydrogens is 339 g/mol. The molecule has 3 aromatic rings. The van der Waals surface area contributed by atoms with E-state index in [0.717, 1.165) is 41.4 Å². The smallest absolute Gasteiger partial charge is 0.246 e. The summed E-state index contributed by atoms with van der Waals surface area (Å²) in [7, 11) is 0. The normalized spacial score (nSPS) is 17.1. The van der Waals surface area contributed by atoms with Gasteiger partial charge in [0, 0.05) is 35.8 Å². The minimum atomic E-state index is -0.230. The Hall–Kier alpha value is -3.01. The largest absolute Gasteiger partial charge is 0.336 e. The first kappa shape index (κ1) is 17.4. The SMILES string of the molecule is O=C(/C=C/c1cccc2cccnc12)N1CCC[C@H]1Cc1cccc(F)c1. The number of carbonyl (C=O) groups is 1. The van der Waals surface area contributed by atoms with E-state index in [9.17, 15) is 9.18 Å². The molecule has 2 heterocycles. The summed E-state index contributed by atoms with van der Waals surface area (Å²) in [5, 5.41) is 1.05. The van der Waals surface area contributed by atoms with Crippen molar-refractivity contribution in [1.82, 2.24) is 9.88 Å². The molecule has 1 atom stereocenters. The fourth-order valence-electron chi connectivity index (χ4n) is 3.79. The van der Waals surface area contributed by atoms with Crippen molar-refractivity contribution in [3.8, 4) is 0 Å². The second-order valence-corrected chi connectivity index (χ2v) is 6.92. The predicted octanol–water partition coefficient (Wildman–Crippen LogP) is 4.62. The van der Waals surface area contributed by atoms with Crippen LogP contribution < -0.4 is 0 Å². The molecule has 1 fully saturated rings. The Labute approximate surface area is 158 Å². The van der Waals surface area contributed by atoms with E-state index < -0.39 is 0 Å². The van der Waals surface area contributed by atoms with Crippen LogP contribution in [0.3, 0.4) is 0 Å². The summed E-state index contributed by atoms with van der Waals surface area (Å²) in [4.78, 5) is 19.1. The number of fused-ring (bicyclic) bond motifs is 1. The van der Waals surface area contributed by atoms with Crippen molar-refractivity contribution in [3.05, 3.63) is 83.8 Å². The van der Waals surface area contributed by atoms with Gasteiger partial charge >= 0.3 is 0 Å². The molecule has 136 valence electrons. The Bertz CT molecular complexity index is 993. The number of likely N-dealkylation sites (tertiary alicyclic amines) is 1. The Morgan fingerprint density at radius 1 is 1.19 bits per heavy atom. The van der Waals surface area contributed by atoms with Gasteiger partial charge in [-0.05, 0) is 49.1 Å². The summed E-state index contributed by atoms with van der Waals surface area (Å²) in [5.74, 6) is -0.228. The summed E-state index contributed by atoms with van der Waals surface area (Å²) in [6.07, 6.45) is 7.86. The highest BCUT2D eigenvalue weighted by Gasteiger charge is 2.27. The molecule has 0 aliphatic carbocycles. The summed E-state index contributed by atoms with van der Waals surface area (Å²) in [6.45, 7) is 0.747. The van der Waals surface area contributed by atoms with Crippen molar-refractivity contribution in [2.24, 2.45) is 0 Å². The molecule has 3 nitrogen and oxygen atoms in total. The highest BCUT2D eigenvalue weighted by atomic mass is 19.1. The zero-order valence-electron chi connectivity index (χ0n) is 15.0. The number of hydrogen-bond donors (Lipinski definition) is 0. The third-order valence-electron chi connectivity index (χ3n) is 5.09. The maximum Gasteiger partial charge on any atom is 0.246 e. The van der Waals surface area contributed by atoms with Gasteiger partial charge in [0.25, 0.3) is 0 Å². The molecular formula is C23H21FN2O. The number of aromatic nitrogens is 1. The van der Waals surface area contributed by atoms with Crippen LogP contribution in [0.4, 0.5) is 4.39 Å². The van der Waals surface area contributed by atoms with Gasteiger partial charge in [0.1, 0.15) is 5.82 Å². The van der Waals surface area contributed by atoms with Crippen LogP contribution in [0.15, 0.2) is 66.9 Å². The topological polar surface area (TPSA) is 33.2 Å². The quantitative estimate of drug-likeness (QED) is 0.636. The number of benzene rings is 2. The molecule has 0 saturated carbocycles. The molecule has 4 heteroatoms. The first-order valence-electron chi connectivity index (χ1n) is 9.27. The van der Waals surface area contributed by atoms with Crippen molar-refractivity contribution in [3.63, 3.8) is 0 Å². The first-order valence-corrected chi connectivity index (χ1v) is 9.27. The van der Waals surface area contributed by atoms with E-state index in [4.69, 9.17) is 0 Å². The van der Waals surface area contributed by atoms with E-state index in [-0.39, 0.29) is 17.8 Å². The summed E-state index contributed by atoms with van der Waals surface area (Å²) in [6, 6.07) is 16.6. The Balaban J connectivity index is 1.50. The number of carbonyl (C=O) groups excluding carboxylic acids is 1. The van der Waals surface area contributed by atoms with E-state index >= 15 is 0 Å². The maximum atomic E-state index is 13.4. The van der Waals surface area contributed by atoms with Crippen LogP contribution in [-0.2, 0) is 11.2 Å². The first-order chi connectivity index (χ1) is 13.2. The minimum absolute atomic E-state index is 0.00170. The molecule has 1 saturated heterocycles. The number of pyridine rings is 1. The lowest BCUT2D eigenvalue weighted by atomic mass is 10.0. The molecule has 27 heavy (non-hydrogen) atoms. The second-order valence-electron chi connectivity index (χ2n) is 6.92. The highest BCUT2D eigenvalue weighted by molar-refractivity contribution is 5.95. The molecule has 0 bridgehead atoms. The molecule has 1 aliphatic heterocycles. The molecule has 2 aromatic carbocycles. The average molecular weight is 360 g/mol. The van der Waals surface area contributed by atoms with Crippen molar-refractivity contribution < 1.29 is 9.18 Å². The van der Waals surface area contributed by atoms with E-state index in [1.54, 1.807) is 24.4 Å². The molecule has 1 aliphatic rings. The molecule has 4 rings (SSSR count). The molecule has 1 aromatic heterocycles. The van der Waals surface area contributed by atoms with Crippen LogP contribution in [-0.4, -0.2) is 28.4 Å². The third-order valence-corrected chi connectivity index (χ3v) is 5.09. The fourth-order valence-corrected chi connectivity index (χ4v) is 3.79. The number of hydrogen-bond acceptors (Lipinski definition) is 2. The van der Waals surface area contributed by atoms with Crippen LogP contribution in [0.25, 0.3) is 17.0 Å². The van der Waals surface area contributed by atoms with Gasteiger partial charge in [-0.1, -0.05) is 36.4 Å². The van der Waals surface area contributed by atoms with Crippen LogP contribution in [0, 0.1) is 5.82 Å². The zero-order chi connectivity index (χ0) is 18.6. The zero-order valence-corrected chi connectivity index (χ0v) is 15.0. The number of para-hydroxylation sites is 1. The fraction of sp³-hybridized carbons (Fsp3) is 0.217. The molecule has 0 spiro atoms. The van der Waals surface area contributed by atoms with E-state index in [2.05, 4.69) is 4.98 Å². The molecule has 1 amide bonds. The van der Waals surface area contributed by atoms with Gasteiger partial charge in [-0.2, -0.15) is 0 Å². The van der Waals surface area contributed by atoms with E-state index in [0.29, 0.717) is 6.42 Å². The standard InChI is InChI=1S/C23H21FN2O/c24-20-9-1-5-17(15-20)16-21-10-4-14-26(21)22(27)12-11-19-7-2-6-18-8-3-13-25-23(18)19/h1-3,5-9,11-13,15,21H,4,10,14,16H2/b12-11+/t21-/m0/s1. The van der Waals surface area contributed by atoms with Gasteiger partial charge in [-0.15, -0.1) is 0 Å². The Kier molecular flexibility index (Phi) is 4.97. The van der Waals surface area contributed by atoms with Gasteiger partial charge in [0.15, 0.2) is 0 Å². The number of halogens is 1. The van der Waals surface area contributed by atoms with Crippen molar-refractivity contribution >= 4 is 22.9 Å². The molecule has 0 radical (unpaired) electrons. The van der Waals surface area contributed by atoms with Crippen LogP contribution in [0.1, 0.15) is 24.0 Å². The lowest BCUT2D eigenvalue weighted by Gasteiger charge is -2.23. The second kappa shape index (κ2) is 7.70. The minimum Gasteiger partial charge on any atom is -0.336 e. The highest BCUT2D eigenvalue weighted by Crippen LogP contribution is 2.23. The van der Waals surface area contributed by atoms with Crippen LogP contribution in [0.2, 0.25) is 0 Å². The summed E-state index contributed by atoms with van der Waals surface area (Å²) >= 11 is 0. The lowest BCUT2D eigenvalue weighted by molar-refractivity contribution is -0.126. The molecule has 0 N–H and O–H groups in total. The number of nitrogens with zero attached hydrogens (tertiary/aromatic N) is 2. The van der Waals surface area contributed by atoms with E-state index in [1.807, 2.05) is 47.4 Å². The Morgan fingerprint density at radius 3 is 2.93 bits per heavy atom. The van der Waals surface area contributed by atoms with Gasteiger partial charge < -0.3 is 4.90 Å². The van der Waals surface area contributed by atoms with Crippen molar-refractivity contribution in [2.45, 2.75) is 25.3 Å².